The molecule has 3 aromatic rings. The lowest BCUT2D eigenvalue weighted by Gasteiger charge is -2.11. The maximum Gasteiger partial charge on any atom is 0.223 e. The third-order valence-electron chi connectivity index (χ3n) is 3.33. The molecule has 0 saturated carbocycles. The van der Waals surface area contributed by atoms with E-state index in [-0.39, 0.29) is 18.1 Å². The first kappa shape index (κ1) is 17.2. The number of aliphatic hydroxyl groups is 1. The molecule has 0 aliphatic rings. The van der Waals surface area contributed by atoms with Crippen molar-refractivity contribution in [2.45, 2.75) is 6.10 Å². The van der Waals surface area contributed by atoms with Crippen LogP contribution in [-0.4, -0.2) is 44.2 Å². The number of benzene rings is 1. The molecule has 0 aliphatic heterocycles. The molecule has 130 valence electrons. The molecule has 1 atom stereocenters. The highest BCUT2D eigenvalue weighted by molar-refractivity contribution is 6.31. The fourth-order valence-electron chi connectivity index (χ4n) is 2.03. The zero-order chi connectivity index (χ0) is 17.8. The average Bonchev–Trinajstić information content (AvgIpc) is 2.63. The number of anilines is 3. The van der Waals surface area contributed by atoms with Crippen molar-refractivity contribution in [3.8, 4) is 0 Å². The molecule has 0 amide bonds. The molecule has 0 saturated heterocycles. The van der Waals surface area contributed by atoms with E-state index in [1.807, 2.05) is 0 Å². The standard InChI is InChI=1S/C15H15ClFN7O/c16-10-3-8(1-2-11(10)17)23-14-13-12(21-7-22-14)6-20-15(24-13)19-5-9(25)4-18/h1-3,6-7,9,25H,4-5,18H2,(H,19,20,24)(H,21,22,23). The molecule has 1 aromatic carbocycles. The summed E-state index contributed by atoms with van der Waals surface area (Å²) in [5, 5.41) is 15.4. The highest BCUT2D eigenvalue weighted by Gasteiger charge is 2.10. The van der Waals surface area contributed by atoms with Crippen LogP contribution in [0.3, 0.4) is 0 Å². The normalized spacial score (nSPS) is 12.2. The van der Waals surface area contributed by atoms with Gasteiger partial charge in [-0.05, 0) is 18.2 Å². The van der Waals surface area contributed by atoms with E-state index in [2.05, 4.69) is 30.6 Å². The molecule has 3 rings (SSSR count). The summed E-state index contributed by atoms with van der Waals surface area (Å²) in [7, 11) is 0. The highest BCUT2D eigenvalue weighted by atomic mass is 35.5. The van der Waals surface area contributed by atoms with Crippen LogP contribution < -0.4 is 16.4 Å². The molecule has 2 aromatic heterocycles. The van der Waals surface area contributed by atoms with Gasteiger partial charge in [0.2, 0.25) is 5.95 Å². The zero-order valence-corrected chi connectivity index (χ0v) is 13.7. The second-order valence-corrected chi connectivity index (χ2v) is 5.58. The minimum absolute atomic E-state index is 0.00360. The maximum atomic E-state index is 13.3. The van der Waals surface area contributed by atoms with Gasteiger partial charge in [0.15, 0.2) is 5.82 Å². The van der Waals surface area contributed by atoms with E-state index in [0.29, 0.717) is 28.5 Å². The van der Waals surface area contributed by atoms with E-state index in [1.165, 1.54) is 30.7 Å². The van der Waals surface area contributed by atoms with Gasteiger partial charge < -0.3 is 21.5 Å². The van der Waals surface area contributed by atoms with E-state index in [9.17, 15) is 9.50 Å². The molecule has 0 fully saturated rings. The SMILES string of the molecule is NCC(O)CNc1ncc2ncnc(Nc3ccc(F)c(Cl)c3)c2n1. The van der Waals surface area contributed by atoms with Crippen LogP contribution in [0.1, 0.15) is 0 Å². The third-order valence-corrected chi connectivity index (χ3v) is 3.62. The summed E-state index contributed by atoms with van der Waals surface area (Å²) in [6.07, 6.45) is 2.19. The number of nitrogens with one attached hydrogen (secondary N) is 2. The number of hydrogen-bond donors (Lipinski definition) is 4. The first-order valence-corrected chi connectivity index (χ1v) is 7.76. The molecule has 0 spiro atoms. The van der Waals surface area contributed by atoms with Gasteiger partial charge in [-0.15, -0.1) is 0 Å². The highest BCUT2D eigenvalue weighted by Crippen LogP contribution is 2.25. The number of halogens is 2. The van der Waals surface area contributed by atoms with E-state index >= 15 is 0 Å². The molecule has 0 bridgehead atoms. The van der Waals surface area contributed by atoms with Gasteiger partial charge in [-0.2, -0.15) is 0 Å². The molecule has 2 heterocycles. The lowest BCUT2D eigenvalue weighted by Crippen LogP contribution is -2.28. The molecule has 8 nitrogen and oxygen atoms in total. The van der Waals surface area contributed by atoms with Gasteiger partial charge in [0, 0.05) is 18.8 Å². The Balaban J connectivity index is 1.90. The first-order chi connectivity index (χ1) is 12.1. The second kappa shape index (κ2) is 7.51. The Morgan fingerprint density at radius 1 is 1.28 bits per heavy atom. The van der Waals surface area contributed by atoms with Gasteiger partial charge in [0.1, 0.15) is 23.2 Å². The van der Waals surface area contributed by atoms with Gasteiger partial charge in [-0.25, -0.2) is 24.3 Å². The molecule has 10 heteroatoms. The summed E-state index contributed by atoms with van der Waals surface area (Å²) in [6, 6.07) is 4.24. The smallest absolute Gasteiger partial charge is 0.223 e. The quantitative estimate of drug-likeness (QED) is 0.522. The van der Waals surface area contributed by atoms with Crippen LogP contribution in [0.4, 0.5) is 21.8 Å². The monoisotopic (exact) mass is 363 g/mol. The minimum atomic E-state index is -0.703. The Bertz CT molecular complexity index is 895. The summed E-state index contributed by atoms with van der Waals surface area (Å²) in [5.74, 6) is 0.208. The average molecular weight is 364 g/mol. The number of nitrogens with zero attached hydrogens (tertiary/aromatic N) is 4. The van der Waals surface area contributed by atoms with Crippen molar-refractivity contribution in [2.75, 3.05) is 23.7 Å². The van der Waals surface area contributed by atoms with Gasteiger partial charge in [0.25, 0.3) is 0 Å². The van der Waals surface area contributed by atoms with Crippen molar-refractivity contribution in [1.82, 2.24) is 19.9 Å². The van der Waals surface area contributed by atoms with Crippen molar-refractivity contribution in [1.29, 1.82) is 0 Å². The van der Waals surface area contributed by atoms with Crippen molar-refractivity contribution in [2.24, 2.45) is 5.73 Å². The molecular weight excluding hydrogens is 349 g/mol. The molecular formula is C15H15ClFN7O. The van der Waals surface area contributed by atoms with Crippen LogP contribution in [0.5, 0.6) is 0 Å². The van der Waals surface area contributed by atoms with E-state index in [4.69, 9.17) is 17.3 Å². The van der Waals surface area contributed by atoms with Crippen LogP contribution in [0.2, 0.25) is 5.02 Å². The van der Waals surface area contributed by atoms with Crippen LogP contribution in [-0.2, 0) is 0 Å². The number of nitrogens with two attached hydrogens (primary N) is 1. The summed E-state index contributed by atoms with van der Waals surface area (Å²) in [5.41, 5.74) is 6.90. The van der Waals surface area contributed by atoms with Crippen LogP contribution >= 0.6 is 11.6 Å². The molecule has 1 unspecified atom stereocenters. The van der Waals surface area contributed by atoms with Gasteiger partial charge in [-0.1, -0.05) is 11.6 Å². The summed E-state index contributed by atoms with van der Waals surface area (Å²) >= 11 is 5.79. The van der Waals surface area contributed by atoms with Gasteiger partial charge in [0.05, 0.1) is 17.3 Å². The fraction of sp³-hybridized carbons (Fsp3) is 0.200. The summed E-state index contributed by atoms with van der Waals surface area (Å²) in [6.45, 7) is 0.341. The molecule has 0 aliphatic carbocycles. The van der Waals surface area contributed by atoms with E-state index < -0.39 is 11.9 Å². The van der Waals surface area contributed by atoms with Crippen molar-refractivity contribution < 1.29 is 9.50 Å². The van der Waals surface area contributed by atoms with Gasteiger partial charge in [-0.3, -0.25) is 0 Å². The zero-order valence-electron chi connectivity index (χ0n) is 12.9. The largest absolute Gasteiger partial charge is 0.390 e. The van der Waals surface area contributed by atoms with Crippen LogP contribution in [0, 0.1) is 5.82 Å². The Kier molecular flexibility index (Phi) is 5.17. The topological polar surface area (TPSA) is 122 Å². The lowest BCUT2D eigenvalue weighted by molar-refractivity contribution is 0.196. The summed E-state index contributed by atoms with van der Waals surface area (Å²) in [4.78, 5) is 16.7. The van der Waals surface area contributed by atoms with E-state index in [1.54, 1.807) is 0 Å². The Labute approximate surface area is 147 Å². The number of aliphatic hydroxyl groups excluding tert-OH is 1. The van der Waals surface area contributed by atoms with Crippen molar-refractivity contribution >= 4 is 40.1 Å². The van der Waals surface area contributed by atoms with Crippen molar-refractivity contribution in [3.63, 3.8) is 0 Å². The predicted octanol–water partition coefficient (Wildman–Crippen LogP) is 1.69. The van der Waals surface area contributed by atoms with Gasteiger partial charge >= 0.3 is 0 Å². The Hall–Kier alpha value is -2.62. The number of rotatable bonds is 6. The number of hydrogen-bond acceptors (Lipinski definition) is 8. The van der Waals surface area contributed by atoms with Crippen LogP contribution in [0.25, 0.3) is 11.0 Å². The Morgan fingerprint density at radius 2 is 2.12 bits per heavy atom. The molecule has 25 heavy (non-hydrogen) atoms. The summed E-state index contributed by atoms with van der Waals surface area (Å²) < 4.78 is 13.3. The lowest BCUT2D eigenvalue weighted by atomic mass is 10.3. The number of fused-ring (bicyclic) bond motifs is 1. The van der Waals surface area contributed by atoms with E-state index in [0.717, 1.165) is 0 Å². The predicted molar refractivity (Wildman–Crippen MR) is 93.4 cm³/mol. The maximum absolute atomic E-state index is 13.3. The van der Waals surface area contributed by atoms with Crippen LogP contribution in [0.15, 0.2) is 30.7 Å². The molecule has 0 radical (unpaired) electrons. The Morgan fingerprint density at radius 3 is 2.88 bits per heavy atom. The third kappa shape index (κ3) is 4.08. The van der Waals surface area contributed by atoms with Crippen molar-refractivity contribution in [3.05, 3.63) is 41.6 Å². The molecule has 5 N–H and O–H groups in total. The fourth-order valence-corrected chi connectivity index (χ4v) is 2.21. The second-order valence-electron chi connectivity index (χ2n) is 5.17. The number of aromatic nitrogens is 4. The first-order valence-electron chi connectivity index (χ1n) is 7.38. The minimum Gasteiger partial charge on any atom is -0.390 e.